The number of hydrogen-bond acceptors (Lipinski definition) is 3. The van der Waals surface area contributed by atoms with E-state index in [9.17, 15) is 0 Å². The first-order chi connectivity index (χ1) is 4.93. The van der Waals surface area contributed by atoms with Gasteiger partial charge in [-0.1, -0.05) is 0 Å². The monoisotopic (exact) mass is 141 g/mol. The van der Waals surface area contributed by atoms with Crippen LogP contribution in [0.1, 0.15) is 12.8 Å². The molecular weight excluding hydrogens is 134 g/mol. The molecule has 0 aliphatic carbocycles. The number of allylic oxidation sites excluding steroid dienone is 1. The molecule has 0 N–H and O–H groups in total. The highest BCUT2D eigenvalue weighted by molar-refractivity contribution is 4.86. The Morgan fingerprint density at radius 1 is 1.80 bits per heavy atom. The van der Waals surface area contributed by atoms with Crippen molar-refractivity contribution in [1.29, 1.82) is 0 Å². The van der Waals surface area contributed by atoms with E-state index in [0.717, 1.165) is 12.8 Å². The van der Waals surface area contributed by atoms with Crippen LogP contribution < -0.4 is 0 Å². The van der Waals surface area contributed by atoms with Crippen molar-refractivity contribution >= 4 is 0 Å². The van der Waals surface area contributed by atoms with Crippen molar-refractivity contribution in [2.24, 2.45) is 5.28 Å². The van der Waals surface area contributed by atoms with Crippen LogP contribution in [0.25, 0.3) is 10.4 Å². The van der Waals surface area contributed by atoms with Crippen molar-refractivity contribution in [2.75, 3.05) is 6.61 Å². The maximum Gasteiger partial charge on any atom is 0.287 e. The Morgan fingerprint density at radius 3 is 3.30 bits per heavy atom. The van der Waals surface area contributed by atoms with Crippen molar-refractivity contribution in [3.63, 3.8) is 0 Å². The molecule has 5 nitrogen and oxygen atoms in total. The van der Waals surface area contributed by atoms with Gasteiger partial charge in [-0.15, -0.1) is 0 Å². The Bertz CT molecular complexity index is 183. The van der Waals surface area contributed by atoms with Gasteiger partial charge in [0, 0.05) is 4.91 Å². The summed E-state index contributed by atoms with van der Waals surface area (Å²) in [4.78, 5) is 6.89. The summed E-state index contributed by atoms with van der Waals surface area (Å²) in [5, 5.41) is 2.88. The Balaban J connectivity index is 2.38. The zero-order chi connectivity index (χ0) is 7.23. The van der Waals surface area contributed by atoms with E-state index >= 15 is 0 Å². The van der Waals surface area contributed by atoms with Crippen LogP contribution in [0, 0.1) is 0 Å². The largest absolute Gasteiger partial charge is 0.465 e. The smallest absolute Gasteiger partial charge is 0.287 e. The predicted molar refractivity (Wildman–Crippen MR) is 33.5 cm³/mol. The zero-order valence-electron chi connectivity index (χ0n) is 5.36. The van der Waals surface area contributed by atoms with Gasteiger partial charge >= 0.3 is 0 Å². The zero-order valence-corrected chi connectivity index (χ0v) is 5.36. The molecule has 0 aromatic rings. The highest BCUT2D eigenvalue weighted by Crippen LogP contribution is 2.10. The second-order valence-corrected chi connectivity index (χ2v) is 1.78. The second-order valence-electron chi connectivity index (χ2n) is 1.78. The standard InChI is InChI=1S/C5H7N3O2/c6-7-8-10-5-3-1-2-4-9-5/h3H,1-2,4H2. The first-order valence-electron chi connectivity index (χ1n) is 2.98. The summed E-state index contributed by atoms with van der Waals surface area (Å²) in [7, 11) is 0. The lowest BCUT2D eigenvalue weighted by Crippen LogP contribution is -2.01. The van der Waals surface area contributed by atoms with Crippen LogP contribution in [-0.4, -0.2) is 6.61 Å². The predicted octanol–water partition coefficient (Wildman–Crippen LogP) is 1.88. The third-order valence-corrected chi connectivity index (χ3v) is 1.07. The summed E-state index contributed by atoms with van der Waals surface area (Å²) in [6.45, 7) is 0.632. The maximum atomic E-state index is 7.85. The minimum atomic E-state index is 0.309. The van der Waals surface area contributed by atoms with Crippen LogP contribution in [0.5, 0.6) is 0 Å². The summed E-state index contributed by atoms with van der Waals surface area (Å²) in [6, 6.07) is 0. The molecule has 5 heteroatoms. The first-order valence-corrected chi connectivity index (χ1v) is 2.98. The fraction of sp³-hybridized carbons (Fsp3) is 0.600. The Labute approximate surface area is 57.8 Å². The van der Waals surface area contributed by atoms with Gasteiger partial charge < -0.3 is 9.57 Å². The van der Waals surface area contributed by atoms with E-state index < -0.39 is 0 Å². The summed E-state index contributed by atoms with van der Waals surface area (Å²) >= 11 is 0. The molecule has 0 aromatic carbocycles. The van der Waals surface area contributed by atoms with Gasteiger partial charge in [0.2, 0.25) is 0 Å². The maximum absolute atomic E-state index is 7.85. The molecule has 0 saturated carbocycles. The molecule has 10 heavy (non-hydrogen) atoms. The molecule has 0 fully saturated rings. The van der Waals surface area contributed by atoms with Crippen LogP contribution in [0.3, 0.4) is 0 Å². The van der Waals surface area contributed by atoms with E-state index in [2.05, 4.69) is 15.0 Å². The molecular formula is C5H7N3O2. The molecule has 0 unspecified atom stereocenters. The lowest BCUT2D eigenvalue weighted by molar-refractivity contribution is 0.0250. The Morgan fingerprint density at radius 2 is 2.70 bits per heavy atom. The summed E-state index contributed by atoms with van der Waals surface area (Å²) < 4.78 is 4.95. The number of hydrogen-bond donors (Lipinski definition) is 0. The summed E-state index contributed by atoms with van der Waals surface area (Å²) in [5.41, 5.74) is 7.85. The van der Waals surface area contributed by atoms with Crippen LogP contribution in [0.15, 0.2) is 17.3 Å². The summed E-state index contributed by atoms with van der Waals surface area (Å²) in [6.07, 6.45) is 3.65. The Kier molecular flexibility index (Phi) is 2.46. The van der Waals surface area contributed by atoms with Crippen molar-refractivity contribution in [2.45, 2.75) is 12.8 Å². The molecule has 0 bridgehead atoms. The van der Waals surface area contributed by atoms with Crippen LogP contribution in [0.2, 0.25) is 0 Å². The average Bonchev–Trinajstić information content (AvgIpc) is 2.03. The number of rotatable bonds is 2. The van der Waals surface area contributed by atoms with Gasteiger partial charge in [0.25, 0.3) is 5.95 Å². The molecule has 0 spiro atoms. The van der Waals surface area contributed by atoms with E-state index in [4.69, 9.17) is 10.3 Å². The number of nitrogens with zero attached hydrogens (tertiary/aromatic N) is 3. The average molecular weight is 141 g/mol. The molecule has 1 aliphatic heterocycles. The van der Waals surface area contributed by atoms with Crippen molar-refractivity contribution < 1.29 is 9.57 Å². The third-order valence-electron chi connectivity index (χ3n) is 1.07. The second kappa shape index (κ2) is 3.63. The van der Waals surface area contributed by atoms with E-state index in [1.165, 1.54) is 0 Å². The van der Waals surface area contributed by atoms with E-state index in [1.807, 2.05) is 0 Å². The molecule has 1 aliphatic rings. The first kappa shape index (κ1) is 6.77. The lowest BCUT2D eigenvalue weighted by atomic mass is 10.3. The quantitative estimate of drug-likeness (QED) is 0.255. The molecule has 1 heterocycles. The SMILES string of the molecule is [N-]=[N+]=NOC1=CCCCO1. The van der Waals surface area contributed by atoms with E-state index in [-0.39, 0.29) is 0 Å². The minimum absolute atomic E-state index is 0.309. The highest BCUT2D eigenvalue weighted by atomic mass is 16.8. The van der Waals surface area contributed by atoms with Gasteiger partial charge in [-0.25, -0.2) is 0 Å². The molecule has 54 valence electrons. The van der Waals surface area contributed by atoms with Gasteiger partial charge in [0.05, 0.1) is 6.61 Å². The molecule has 0 saturated heterocycles. The van der Waals surface area contributed by atoms with Crippen molar-refractivity contribution in [3.05, 3.63) is 22.5 Å². The van der Waals surface area contributed by atoms with Gasteiger partial charge in [-0.05, 0) is 24.4 Å². The third kappa shape index (κ3) is 1.87. The lowest BCUT2D eigenvalue weighted by Gasteiger charge is -2.10. The fourth-order valence-electron chi connectivity index (χ4n) is 0.657. The highest BCUT2D eigenvalue weighted by Gasteiger charge is 2.02. The van der Waals surface area contributed by atoms with Crippen LogP contribution >= 0.6 is 0 Å². The molecule has 0 amide bonds. The Hall–Kier alpha value is -1.35. The minimum Gasteiger partial charge on any atom is -0.465 e. The fourth-order valence-corrected chi connectivity index (χ4v) is 0.657. The van der Waals surface area contributed by atoms with Crippen LogP contribution in [-0.2, 0) is 9.57 Å². The topological polar surface area (TPSA) is 67.2 Å². The van der Waals surface area contributed by atoms with Gasteiger partial charge in [-0.2, -0.15) is 0 Å². The molecule has 1 rings (SSSR count). The van der Waals surface area contributed by atoms with Crippen LogP contribution in [0.4, 0.5) is 0 Å². The molecule has 0 radical (unpaired) electrons. The number of azide groups is 1. The van der Waals surface area contributed by atoms with Gasteiger partial charge in [0.1, 0.15) is 5.28 Å². The summed E-state index contributed by atoms with van der Waals surface area (Å²) in [5.74, 6) is 0.309. The van der Waals surface area contributed by atoms with Gasteiger partial charge in [0.15, 0.2) is 0 Å². The van der Waals surface area contributed by atoms with Crippen molar-refractivity contribution in [3.8, 4) is 0 Å². The van der Waals surface area contributed by atoms with E-state index in [0.29, 0.717) is 12.6 Å². The van der Waals surface area contributed by atoms with E-state index in [1.54, 1.807) is 6.08 Å². The normalized spacial score (nSPS) is 16.2. The van der Waals surface area contributed by atoms with Gasteiger partial charge in [-0.3, -0.25) is 0 Å². The van der Waals surface area contributed by atoms with Crippen molar-refractivity contribution in [1.82, 2.24) is 0 Å². The number of ether oxygens (including phenoxy) is 1. The molecule has 0 aromatic heterocycles. The molecule has 0 atom stereocenters.